The number of aryl methyl sites for hydroxylation is 1. The molecule has 0 unspecified atom stereocenters. The number of rotatable bonds is 6. The van der Waals surface area contributed by atoms with Gasteiger partial charge in [-0.1, -0.05) is 41.1 Å². The molecular formula is C24H19ClN2O3S. The van der Waals surface area contributed by atoms with E-state index in [1.54, 1.807) is 43.5 Å². The molecule has 1 aliphatic heterocycles. The van der Waals surface area contributed by atoms with E-state index in [1.165, 1.54) is 16.7 Å². The van der Waals surface area contributed by atoms with Gasteiger partial charge in [0.1, 0.15) is 16.4 Å². The predicted octanol–water partition coefficient (Wildman–Crippen LogP) is 5.65. The lowest BCUT2D eigenvalue weighted by Crippen LogP contribution is -2.32. The number of methoxy groups -OCH3 is 1. The summed E-state index contributed by atoms with van der Waals surface area (Å²) in [5, 5.41) is 3.75. The number of hydrogen-bond acceptors (Lipinski definition) is 5. The van der Waals surface area contributed by atoms with Gasteiger partial charge in [0.15, 0.2) is 0 Å². The largest absolute Gasteiger partial charge is 0.497 e. The van der Waals surface area contributed by atoms with Crippen LogP contribution in [0.4, 0.5) is 11.4 Å². The van der Waals surface area contributed by atoms with E-state index in [0.717, 1.165) is 16.1 Å². The molecule has 2 amide bonds. The first-order valence-corrected chi connectivity index (χ1v) is 10.7. The van der Waals surface area contributed by atoms with E-state index in [4.69, 9.17) is 16.3 Å². The van der Waals surface area contributed by atoms with Crippen molar-refractivity contribution in [1.29, 1.82) is 0 Å². The lowest BCUT2D eigenvalue weighted by molar-refractivity contribution is -0.120. The molecule has 3 aromatic rings. The van der Waals surface area contributed by atoms with Gasteiger partial charge >= 0.3 is 0 Å². The first-order chi connectivity index (χ1) is 15.0. The molecule has 0 radical (unpaired) electrons. The molecule has 0 bridgehead atoms. The molecule has 156 valence electrons. The Morgan fingerprint density at radius 2 is 1.52 bits per heavy atom. The predicted molar refractivity (Wildman–Crippen MR) is 125 cm³/mol. The van der Waals surface area contributed by atoms with Crippen LogP contribution in [-0.4, -0.2) is 18.9 Å². The van der Waals surface area contributed by atoms with Crippen molar-refractivity contribution in [3.8, 4) is 5.75 Å². The highest BCUT2D eigenvalue weighted by molar-refractivity contribution is 8.04. The van der Waals surface area contributed by atoms with E-state index in [2.05, 4.69) is 5.32 Å². The summed E-state index contributed by atoms with van der Waals surface area (Å²) in [6, 6.07) is 21.6. The number of amides is 2. The molecule has 3 aromatic carbocycles. The van der Waals surface area contributed by atoms with Gasteiger partial charge in [0.2, 0.25) is 0 Å². The number of nitrogens with one attached hydrogen (secondary N) is 1. The van der Waals surface area contributed by atoms with Crippen LogP contribution in [0.5, 0.6) is 5.75 Å². The highest BCUT2D eigenvalue weighted by atomic mass is 35.5. The zero-order chi connectivity index (χ0) is 22.0. The number of halogens is 1. The third kappa shape index (κ3) is 4.45. The minimum absolute atomic E-state index is 0.240. The van der Waals surface area contributed by atoms with Gasteiger partial charge in [0, 0.05) is 15.6 Å². The van der Waals surface area contributed by atoms with Gasteiger partial charge < -0.3 is 10.1 Å². The van der Waals surface area contributed by atoms with E-state index in [-0.39, 0.29) is 11.6 Å². The second-order valence-corrected chi connectivity index (χ2v) is 8.42. The normalized spacial score (nSPS) is 13.7. The fraction of sp³-hybridized carbons (Fsp3) is 0.0833. The number of ether oxygens (including phenoxy) is 1. The number of benzene rings is 3. The molecule has 0 saturated heterocycles. The lowest BCUT2D eigenvalue weighted by atomic mass is 10.2. The van der Waals surface area contributed by atoms with Crippen LogP contribution in [0.25, 0.3) is 0 Å². The van der Waals surface area contributed by atoms with Crippen molar-refractivity contribution in [2.45, 2.75) is 11.8 Å². The Balaban J connectivity index is 1.71. The molecule has 0 saturated carbocycles. The smallest absolute Gasteiger partial charge is 0.283 e. The van der Waals surface area contributed by atoms with Crippen LogP contribution in [0, 0.1) is 6.92 Å². The number of imide groups is 1. The fourth-order valence-corrected chi connectivity index (χ4v) is 4.13. The number of carbonyl (C=O) groups is 2. The monoisotopic (exact) mass is 450 g/mol. The zero-order valence-electron chi connectivity index (χ0n) is 16.9. The molecule has 0 spiro atoms. The van der Waals surface area contributed by atoms with E-state index in [9.17, 15) is 9.59 Å². The van der Waals surface area contributed by atoms with Crippen molar-refractivity contribution < 1.29 is 14.3 Å². The summed E-state index contributed by atoms with van der Waals surface area (Å²) in [7, 11) is 1.56. The average molecular weight is 451 g/mol. The van der Waals surface area contributed by atoms with E-state index in [0.29, 0.717) is 21.4 Å². The molecule has 5 nitrogen and oxygen atoms in total. The van der Waals surface area contributed by atoms with Crippen molar-refractivity contribution in [1.82, 2.24) is 0 Å². The third-order valence-electron chi connectivity index (χ3n) is 4.73. The van der Waals surface area contributed by atoms with Crippen LogP contribution in [0.15, 0.2) is 88.3 Å². The molecule has 31 heavy (non-hydrogen) atoms. The van der Waals surface area contributed by atoms with Gasteiger partial charge in [-0.25, -0.2) is 4.90 Å². The first-order valence-electron chi connectivity index (χ1n) is 9.50. The van der Waals surface area contributed by atoms with Crippen molar-refractivity contribution in [3.63, 3.8) is 0 Å². The molecule has 1 aliphatic rings. The minimum Gasteiger partial charge on any atom is -0.497 e. The number of carbonyl (C=O) groups excluding carboxylic acids is 2. The summed E-state index contributed by atoms with van der Waals surface area (Å²) in [5.41, 5.74) is 2.55. The van der Waals surface area contributed by atoms with Crippen LogP contribution in [0.2, 0.25) is 5.02 Å². The Kier molecular flexibility index (Phi) is 6.02. The molecule has 4 rings (SSSR count). The maximum absolute atomic E-state index is 13.3. The van der Waals surface area contributed by atoms with Gasteiger partial charge in [-0.05, 0) is 67.6 Å². The standard InChI is InChI=1S/C24H19ClN2O3S/c1-15-3-7-17(8-4-15)26-21-22(31-20-13-5-16(25)6-14-20)24(29)27(23(21)28)18-9-11-19(30-2)12-10-18/h3-14,26H,1-2H3. The highest BCUT2D eigenvalue weighted by Gasteiger charge is 2.40. The maximum atomic E-state index is 13.3. The molecule has 7 heteroatoms. The Hall–Kier alpha value is -3.22. The number of hydrogen-bond donors (Lipinski definition) is 1. The molecule has 0 fully saturated rings. The minimum atomic E-state index is -0.410. The molecule has 1 heterocycles. The molecule has 1 N–H and O–H groups in total. The van der Waals surface area contributed by atoms with Gasteiger partial charge in [-0.15, -0.1) is 0 Å². The molecule has 0 aromatic heterocycles. The Bertz CT molecular complexity index is 1090. The second kappa shape index (κ2) is 8.88. The first kappa shape index (κ1) is 21.0. The van der Waals surface area contributed by atoms with Crippen molar-refractivity contribution >= 4 is 46.6 Å². The summed E-state index contributed by atoms with van der Waals surface area (Å²) >= 11 is 7.21. The molecule has 0 atom stereocenters. The zero-order valence-corrected chi connectivity index (χ0v) is 18.5. The number of thioether (sulfide) groups is 1. The van der Waals surface area contributed by atoms with Gasteiger partial charge in [0.25, 0.3) is 11.8 Å². The average Bonchev–Trinajstić information content (AvgIpc) is 3.01. The quantitative estimate of drug-likeness (QED) is 0.492. The summed E-state index contributed by atoms with van der Waals surface area (Å²) in [6.45, 7) is 1.99. The van der Waals surface area contributed by atoms with Crippen molar-refractivity contribution in [3.05, 3.63) is 94.0 Å². The topological polar surface area (TPSA) is 58.6 Å². The Morgan fingerprint density at radius 3 is 2.13 bits per heavy atom. The Morgan fingerprint density at radius 1 is 0.871 bits per heavy atom. The van der Waals surface area contributed by atoms with Crippen LogP contribution in [0.3, 0.4) is 0 Å². The Labute approximate surface area is 189 Å². The van der Waals surface area contributed by atoms with Gasteiger partial charge in [0.05, 0.1) is 12.8 Å². The summed E-state index contributed by atoms with van der Waals surface area (Å²) in [6.07, 6.45) is 0. The van der Waals surface area contributed by atoms with Crippen LogP contribution in [-0.2, 0) is 9.59 Å². The van der Waals surface area contributed by atoms with E-state index >= 15 is 0 Å². The summed E-state index contributed by atoms with van der Waals surface area (Å²) in [5.74, 6) is -0.151. The van der Waals surface area contributed by atoms with Crippen LogP contribution >= 0.6 is 23.4 Å². The van der Waals surface area contributed by atoms with Gasteiger partial charge in [-0.2, -0.15) is 0 Å². The van der Waals surface area contributed by atoms with Crippen molar-refractivity contribution in [2.24, 2.45) is 0 Å². The van der Waals surface area contributed by atoms with Crippen molar-refractivity contribution in [2.75, 3.05) is 17.3 Å². The SMILES string of the molecule is COc1ccc(N2C(=O)C(Nc3ccc(C)cc3)=C(Sc3ccc(Cl)cc3)C2=O)cc1. The second-order valence-electron chi connectivity index (χ2n) is 6.89. The summed E-state index contributed by atoms with van der Waals surface area (Å²) in [4.78, 5) is 28.9. The van der Waals surface area contributed by atoms with E-state index < -0.39 is 5.91 Å². The molecule has 0 aliphatic carbocycles. The van der Waals surface area contributed by atoms with Crippen LogP contribution in [0.1, 0.15) is 5.56 Å². The lowest BCUT2D eigenvalue weighted by Gasteiger charge is -2.15. The highest BCUT2D eigenvalue weighted by Crippen LogP contribution is 2.38. The van der Waals surface area contributed by atoms with Crippen LogP contribution < -0.4 is 15.0 Å². The number of anilines is 2. The summed E-state index contributed by atoms with van der Waals surface area (Å²) < 4.78 is 5.18. The third-order valence-corrected chi connectivity index (χ3v) is 6.07. The van der Waals surface area contributed by atoms with Gasteiger partial charge in [-0.3, -0.25) is 9.59 Å². The van der Waals surface area contributed by atoms with E-state index in [1.807, 2.05) is 43.3 Å². The molecular weight excluding hydrogens is 432 g/mol. The fourth-order valence-electron chi connectivity index (χ4n) is 3.08. The number of nitrogens with zero attached hydrogens (tertiary/aromatic N) is 1. The maximum Gasteiger partial charge on any atom is 0.283 e.